The van der Waals surface area contributed by atoms with Gasteiger partial charge in [0, 0.05) is 10.9 Å². The van der Waals surface area contributed by atoms with Crippen molar-refractivity contribution in [3.8, 4) is 0 Å². The number of benzene rings is 1. The molecule has 130 valence electrons. The smallest absolute Gasteiger partial charge is 0.137 e. The van der Waals surface area contributed by atoms with Gasteiger partial charge in [-0.2, -0.15) is 5.10 Å². The topological polar surface area (TPSA) is 50.9 Å². The summed E-state index contributed by atoms with van der Waals surface area (Å²) >= 11 is 12.0. The third-order valence-corrected chi connectivity index (χ3v) is 6.12. The van der Waals surface area contributed by atoms with Crippen LogP contribution in [0.15, 0.2) is 36.9 Å². The molecule has 1 saturated carbocycles. The molecular weight excluding hydrogens is 345 g/mol. The molecule has 2 aromatic rings. The molecule has 1 aliphatic rings. The molecule has 3 atom stereocenters. The first-order valence-electron chi connectivity index (χ1n) is 8.32. The zero-order chi connectivity index (χ0) is 17.2. The molecule has 1 aromatic carbocycles. The minimum Gasteiger partial charge on any atom is -0.387 e. The molecule has 3 rings (SSSR count). The van der Waals surface area contributed by atoms with Crippen molar-refractivity contribution in [2.45, 2.75) is 44.8 Å². The Morgan fingerprint density at radius 1 is 1.33 bits per heavy atom. The van der Waals surface area contributed by atoms with E-state index in [1.807, 2.05) is 24.3 Å². The first kappa shape index (κ1) is 17.7. The average Bonchev–Trinajstić information content (AvgIpc) is 3.13. The molecule has 4 nitrogen and oxygen atoms in total. The molecule has 0 unspecified atom stereocenters. The van der Waals surface area contributed by atoms with Gasteiger partial charge in [0.2, 0.25) is 0 Å². The number of alkyl halides is 1. The summed E-state index contributed by atoms with van der Waals surface area (Å²) in [5.74, 6) is 0.695. The Morgan fingerprint density at radius 3 is 2.71 bits per heavy atom. The van der Waals surface area contributed by atoms with Crippen LogP contribution in [-0.2, 0) is 13.0 Å². The van der Waals surface area contributed by atoms with Crippen molar-refractivity contribution in [2.24, 2.45) is 11.3 Å². The lowest BCUT2D eigenvalue weighted by molar-refractivity contribution is -0.0996. The van der Waals surface area contributed by atoms with Crippen molar-refractivity contribution in [3.05, 3.63) is 47.5 Å². The fourth-order valence-electron chi connectivity index (χ4n) is 4.05. The molecule has 0 bridgehead atoms. The average molecular weight is 368 g/mol. The van der Waals surface area contributed by atoms with Crippen LogP contribution >= 0.6 is 23.2 Å². The van der Waals surface area contributed by atoms with Gasteiger partial charge in [0.25, 0.3) is 0 Å². The van der Waals surface area contributed by atoms with Crippen LogP contribution in [0.5, 0.6) is 0 Å². The van der Waals surface area contributed by atoms with Crippen LogP contribution in [-0.4, -0.2) is 31.4 Å². The Labute approximate surface area is 152 Å². The fraction of sp³-hybridized carbons (Fsp3) is 0.556. The Kier molecular flexibility index (Phi) is 5.19. The summed E-state index contributed by atoms with van der Waals surface area (Å²) in [6, 6.07) is 7.88. The number of hydrogen-bond donors (Lipinski definition) is 1. The minimum atomic E-state index is -0.866. The first-order chi connectivity index (χ1) is 11.5. The van der Waals surface area contributed by atoms with E-state index in [0.29, 0.717) is 12.4 Å². The molecule has 24 heavy (non-hydrogen) atoms. The highest BCUT2D eigenvalue weighted by Gasteiger charge is 2.56. The number of nitrogens with zero attached hydrogens (tertiary/aromatic N) is 3. The van der Waals surface area contributed by atoms with E-state index in [1.54, 1.807) is 11.0 Å². The molecule has 0 radical (unpaired) electrons. The lowest BCUT2D eigenvalue weighted by atomic mass is 9.69. The fourth-order valence-corrected chi connectivity index (χ4v) is 4.59. The molecule has 0 spiro atoms. The summed E-state index contributed by atoms with van der Waals surface area (Å²) < 4.78 is 1.73. The van der Waals surface area contributed by atoms with Gasteiger partial charge < -0.3 is 5.11 Å². The molecule has 1 N–H and O–H groups in total. The third-order valence-electron chi connectivity index (χ3n) is 5.68. The summed E-state index contributed by atoms with van der Waals surface area (Å²) in [5, 5.41) is 16.6. The molecule has 0 saturated heterocycles. The van der Waals surface area contributed by atoms with E-state index >= 15 is 0 Å². The summed E-state index contributed by atoms with van der Waals surface area (Å²) in [7, 11) is 0. The van der Waals surface area contributed by atoms with E-state index in [-0.39, 0.29) is 11.3 Å². The van der Waals surface area contributed by atoms with Gasteiger partial charge in [-0.3, -0.25) is 4.68 Å². The second-order valence-corrected chi connectivity index (χ2v) is 7.90. The highest BCUT2D eigenvalue weighted by atomic mass is 35.5. The van der Waals surface area contributed by atoms with Gasteiger partial charge >= 0.3 is 0 Å². The first-order valence-corrected chi connectivity index (χ1v) is 9.23. The highest BCUT2D eigenvalue weighted by molar-refractivity contribution is 6.30. The van der Waals surface area contributed by atoms with Crippen LogP contribution in [0.4, 0.5) is 0 Å². The second kappa shape index (κ2) is 7.03. The van der Waals surface area contributed by atoms with Gasteiger partial charge in [0.15, 0.2) is 0 Å². The van der Waals surface area contributed by atoms with E-state index < -0.39 is 5.60 Å². The molecule has 1 heterocycles. The Morgan fingerprint density at radius 2 is 2.08 bits per heavy atom. The summed E-state index contributed by atoms with van der Waals surface area (Å²) in [4.78, 5) is 4.01. The van der Waals surface area contributed by atoms with Crippen LogP contribution < -0.4 is 0 Å². The summed E-state index contributed by atoms with van der Waals surface area (Å²) in [5.41, 5.74) is 0.101. The number of rotatable bonds is 6. The van der Waals surface area contributed by atoms with E-state index in [1.165, 1.54) is 11.9 Å². The van der Waals surface area contributed by atoms with Crippen LogP contribution in [0.3, 0.4) is 0 Å². The lowest BCUT2D eigenvalue weighted by Crippen LogP contribution is -2.51. The molecule has 1 aliphatic carbocycles. The Balaban J connectivity index is 1.87. The standard InChI is InChI=1S/C18H23Cl2N3O/c1-17(8-9-19)7-6-15(10-14-2-4-16(20)5-3-14)18(17,24)11-23-13-21-12-22-23/h2-5,12-13,15,24H,6-11H2,1H3/t15-,17-,18+/m1/s1. The third kappa shape index (κ3) is 3.32. The molecule has 1 aromatic heterocycles. The molecular formula is C18H23Cl2N3O. The Bertz CT molecular complexity index is 661. The van der Waals surface area contributed by atoms with E-state index in [4.69, 9.17) is 23.2 Å². The molecule has 0 amide bonds. The van der Waals surface area contributed by atoms with Crippen molar-refractivity contribution in [3.63, 3.8) is 0 Å². The monoisotopic (exact) mass is 367 g/mol. The van der Waals surface area contributed by atoms with Gasteiger partial charge in [-0.15, -0.1) is 11.6 Å². The SMILES string of the molecule is C[C@]1(CCCl)CC[C@H](Cc2ccc(Cl)cc2)[C@@]1(O)Cn1cncn1. The molecule has 0 aliphatic heterocycles. The van der Waals surface area contributed by atoms with Gasteiger partial charge in [-0.25, -0.2) is 4.98 Å². The van der Waals surface area contributed by atoms with Crippen molar-refractivity contribution >= 4 is 23.2 Å². The minimum absolute atomic E-state index is 0.149. The molecule has 6 heteroatoms. The normalized spacial score (nSPS) is 29.9. The van der Waals surface area contributed by atoms with Crippen LogP contribution in [0.25, 0.3) is 0 Å². The Hall–Kier alpha value is -1.10. The number of halogens is 2. The second-order valence-electron chi connectivity index (χ2n) is 7.08. The highest BCUT2D eigenvalue weighted by Crippen LogP contribution is 2.53. The molecule has 1 fully saturated rings. The summed E-state index contributed by atoms with van der Waals surface area (Å²) in [6.45, 7) is 2.59. The van der Waals surface area contributed by atoms with Crippen LogP contribution in [0, 0.1) is 11.3 Å². The predicted molar refractivity (Wildman–Crippen MR) is 96.3 cm³/mol. The van der Waals surface area contributed by atoms with Gasteiger partial charge in [-0.05, 0) is 54.7 Å². The van der Waals surface area contributed by atoms with Crippen LogP contribution in [0.2, 0.25) is 5.02 Å². The van der Waals surface area contributed by atoms with Crippen molar-refractivity contribution in [2.75, 3.05) is 5.88 Å². The summed E-state index contributed by atoms with van der Waals surface area (Å²) in [6.07, 6.45) is 6.71. The van der Waals surface area contributed by atoms with E-state index in [9.17, 15) is 5.11 Å². The van der Waals surface area contributed by atoms with Gasteiger partial charge in [0.1, 0.15) is 12.7 Å². The number of aliphatic hydroxyl groups is 1. The maximum Gasteiger partial charge on any atom is 0.137 e. The van der Waals surface area contributed by atoms with Crippen LogP contribution in [0.1, 0.15) is 31.7 Å². The van der Waals surface area contributed by atoms with E-state index in [2.05, 4.69) is 17.0 Å². The largest absolute Gasteiger partial charge is 0.387 e. The van der Waals surface area contributed by atoms with Gasteiger partial charge in [-0.1, -0.05) is 30.7 Å². The van der Waals surface area contributed by atoms with Crippen molar-refractivity contribution in [1.82, 2.24) is 14.8 Å². The maximum atomic E-state index is 11.7. The zero-order valence-corrected chi connectivity index (χ0v) is 15.3. The van der Waals surface area contributed by atoms with Crippen molar-refractivity contribution in [1.29, 1.82) is 0 Å². The zero-order valence-electron chi connectivity index (χ0n) is 13.8. The van der Waals surface area contributed by atoms with Gasteiger partial charge in [0.05, 0.1) is 12.1 Å². The van der Waals surface area contributed by atoms with E-state index in [0.717, 1.165) is 30.7 Å². The number of hydrogen-bond acceptors (Lipinski definition) is 3. The maximum absolute atomic E-state index is 11.7. The lowest BCUT2D eigenvalue weighted by Gasteiger charge is -2.43. The number of aromatic nitrogens is 3. The predicted octanol–water partition coefficient (Wildman–Crippen LogP) is 3.95. The quantitative estimate of drug-likeness (QED) is 0.786. The van der Waals surface area contributed by atoms with Crippen molar-refractivity contribution < 1.29 is 5.11 Å².